The molecule has 0 saturated carbocycles. The molecular formula is C13H7ClF4N2O2. The van der Waals surface area contributed by atoms with Crippen molar-refractivity contribution in [3.63, 3.8) is 0 Å². The van der Waals surface area contributed by atoms with E-state index in [0.717, 1.165) is 12.1 Å². The summed E-state index contributed by atoms with van der Waals surface area (Å²) in [7, 11) is 0. The summed E-state index contributed by atoms with van der Waals surface area (Å²) in [5.74, 6) is -2.97. The van der Waals surface area contributed by atoms with Gasteiger partial charge in [0.1, 0.15) is 5.82 Å². The van der Waals surface area contributed by atoms with E-state index in [4.69, 9.17) is 22.4 Å². The van der Waals surface area contributed by atoms with Gasteiger partial charge < -0.3 is 10.8 Å². The number of carboxylic acids is 1. The Balaban J connectivity index is 2.58. The van der Waals surface area contributed by atoms with Crippen molar-refractivity contribution in [2.75, 3.05) is 5.73 Å². The van der Waals surface area contributed by atoms with Crippen molar-refractivity contribution in [2.24, 2.45) is 0 Å². The van der Waals surface area contributed by atoms with Gasteiger partial charge in [-0.3, -0.25) is 0 Å². The van der Waals surface area contributed by atoms with E-state index >= 15 is 0 Å². The standard InChI is InChI=1S/C13H7ClF4N2O2/c14-10-8(19)4-9(20-11(10)12(21)22)5-1-2-6(7(15)3-5)13(16,17)18/h1-4H,(H2,19,20)(H,21,22). The van der Waals surface area contributed by atoms with E-state index in [1.54, 1.807) is 0 Å². The molecular weight excluding hydrogens is 328 g/mol. The molecule has 22 heavy (non-hydrogen) atoms. The topological polar surface area (TPSA) is 76.2 Å². The number of carbonyl (C=O) groups is 1. The van der Waals surface area contributed by atoms with Crippen LogP contribution in [0.2, 0.25) is 5.02 Å². The average Bonchev–Trinajstić information content (AvgIpc) is 2.39. The van der Waals surface area contributed by atoms with Gasteiger partial charge in [-0.1, -0.05) is 17.7 Å². The molecule has 0 aliphatic rings. The highest BCUT2D eigenvalue weighted by Gasteiger charge is 2.34. The van der Waals surface area contributed by atoms with Crippen LogP contribution in [0.15, 0.2) is 24.3 Å². The molecule has 0 fully saturated rings. The van der Waals surface area contributed by atoms with Crippen molar-refractivity contribution in [3.05, 3.63) is 46.4 Å². The van der Waals surface area contributed by atoms with Crippen LogP contribution in [0.5, 0.6) is 0 Å². The summed E-state index contributed by atoms with van der Waals surface area (Å²) in [5, 5.41) is 8.64. The Morgan fingerprint density at radius 3 is 2.41 bits per heavy atom. The number of pyridine rings is 1. The molecule has 0 aliphatic carbocycles. The normalized spacial score (nSPS) is 11.5. The Labute approximate surface area is 126 Å². The number of nitrogens with two attached hydrogens (primary N) is 1. The molecule has 1 aromatic heterocycles. The number of nitrogens with zero attached hydrogens (tertiary/aromatic N) is 1. The van der Waals surface area contributed by atoms with Gasteiger partial charge in [0.25, 0.3) is 0 Å². The highest BCUT2D eigenvalue weighted by Crippen LogP contribution is 2.34. The molecule has 0 saturated heterocycles. The number of anilines is 1. The first-order valence-electron chi connectivity index (χ1n) is 5.67. The lowest BCUT2D eigenvalue weighted by Gasteiger charge is -2.10. The van der Waals surface area contributed by atoms with E-state index in [1.807, 2.05) is 0 Å². The monoisotopic (exact) mass is 334 g/mol. The van der Waals surface area contributed by atoms with E-state index in [9.17, 15) is 22.4 Å². The van der Waals surface area contributed by atoms with E-state index in [1.165, 1.54) is 0 Å². The first kappa shape index (κ1) is 16.0. The van der Waals surface area contributed by atoms with Crippen molar-refractivity contribution >= 4 is 23.3 Å². The molecule has 2 aromatic rings. The first-order valence-corrected chi connectivity index (χ1v) is 6.05. The Kier molecular flexibility index (Phi) is 3.97. The number of benzene rings is 1. The molecule has 0 bridgehead atoms. The van der Waals surface area contributed by atoms with Crippen LogP contribution in [-0.2, 0) is 6.18 Å². The fourth-order valence-corrected chi connectivity index (χ4v) is 1.92. The molecule has 0 atom stereocenters. The lowest BCUT2D eigenvalue weighted by Crippen LogP contribution is -2.08. The van der Waals surface area contributed by atoms with Crippen molar-refractivity contribution in [2.45, 2.75) is 6.18 Å². The molecule has 9 heteroatoms. The maximum atomic E-state index is 13.5. The third kappa shape index (κ3) is 2.96. The number of aromatic nitrogens is 1. The number of halogens is 5. The maximum Gasteiger partial charge on any atom is 0.419 e. The second kappa shape index (κ2) is 5.45. The summed E-state index contributed by atoms with van der Waals surface area (Å²) in [4.78, 5) is 14.7. The van der Waals surface area contributed by atoms with Crippen molar-refractivity contribution in [1.82, 2.24) is 4.98 Å². The summed E-state index contributed by atoms with van der Waals surface area (Å²) in [6, 6.07) is 3.26. The van der Waals surface area contributed by atoms with Crippen molar-refractivity contribution in [3.8, 4) is 11.3 Å². The van der Waals surface area contributed by atoms with E-state index < -0.39 is 29.2 Å². The highest BCUT2D eigenvalue weighted by molar-refractivity contribution is 6.35. The van der Waals surface area contributed by atoms with Gasteiger partial charge in [0.2, 0.25) is 0 Å². The van der Waals surface area contributed by atoms with E-state index in [-0.39, 0.29) is 22.0 Å². The lowest BCUT2D eigenvalue weighted by molar-refractivity contribution is -0.139. The number of rotatable bonds is 2. The molecule has 116 valence electrons. The van der Waals surface area contributed by atoms with Crippen LogP contribution in [0.3, 0.4) is 0 Å². The van der Waals surface area contributed by atoms with E-state index in [0.29, 0.717) is 12.1 Å². The highest BCUT2D eigenvalue weighted by atomic mass is 35.5. The Hall–Kier alpha value is -2.35. The summed E-state index contributed by atoms with van der Waals surface area (Å²) < 4.78 is 51.0. The lowest BCUT2D eigenvalue weighted by atomic mass is 10.1. The molecule has 0 radical (unpaired) electrons. The molecule has 2 rings (SSSR count). The van der Waals surface area contributed by atoms with Crippen molar-refractivity contribution < 1.29 is 27.5 Å². The van der Waals surface area contributed by atoms with Gasteiger partial charge in [0.15, 0.2) is 5.69 Å². The van der Waals surface area contributed by atoms with Gasteiger partial charge in [0.05, 0.1) is 22.0 Å². The maximum absolute atomic E-state index is 13.5. The number of hydrogen-bond acceptors (Lipinski definition) is 3. The number of alkyl halides is 3. The Bertz CT molecular complexity index is 762. The second-order valence-electron chi connectivity index (χ2n) is 4.26. The summed E-state index contributed by atoms with van der Waals surface area (Å²) in [6.07, 6.45) is -4.83. The minimum Gasteiger partial charge on any atom is -0.476 e. The zero-order chi connectivity index (χ0) is 16.7. The predicted molar refractivity (Wildman–Crippen MR) is 71.0 cm³/mol. The minimum absolute atomic E-state index is 0.0589. The van der Waals surface area contributed by atoms with Gasteiger partial charge in [-0.25, -0.2) is 14.2 Å². The molecule has 0 amide bonds. The quantitative estimate of drug-likeness (QED) is 0.818. The first-order chi connectivity index (χ1) is 10.1. The molecule has 3 N–H and O–H groups in total. The molecule has 0 spiro atoms. The van der Waals surface area contributed by atoms with Gasteiger partial charge >= 0.3 is 12.1 Å². The summed E-state index contributed by atoms with van der Waals surface area (Å²) in [5.41, 5.74) is 3.22. The summed E-state index contributed by atoms with van der Waals surface area (Å²) >= 11 is 5.67. The summed E-state index contributed by atoms with van der Waals surface area (Å²) in [6.45, 7) is 0. The van der Waals surface area contributed by atoms with E-state index in [2.05, 4.69) is 4.98 Å². The Morgan fingerprint density at radius 1 is 1.27 bits per heavy atom. The number of carboxylic acid groups (broad SMARTS) is 1. The third-order valence-corrected chi connectivity index (χ3v) is 3.16. The number of hydrogen-bond donors (Lipinski definition) is 2. The Morgan fingerprint density at radius 2 is 1.91 bits per heavy atom. The van der Waals surface area contributed by atoms with Crippen LogP contribution < -0.4 is 5.73 Å². The third-order valence-electron chi connectivity index (χ3n) is 2.76. The smallest absolute Gasteiger partial charge is 0.419 e. The van der Waals surface area contributed by atoms with Crippen molar-refractivity contribution in [1.29, 1.82) is 0 Å². The van der Waals surface area contributed by atoms with Crippen LogP contribution >= 0.6 is 11.6 Å². The average molecular weight is 335 g/mol. The largest absolute Gasteiger partial charge is 0.476 e. The molecule has 4 nitrogen and oxygen atoms in total. The SMILES string of the molecule is Nc1cc(-c2ccc(C(F)(F)F)c(F)c2)nc(C(=O)O)c1Cl. The fourth-order valence-electron chi connectivity index (χ4n) is 1.74. The predicted octanol–water partition coefficient (Wildman–Crippen LogP) is 3.84. The van der Waals surface area contributed by atoms with Crippen LogP contribution in [0.25, 0.3) is 11.3 Å². The van der Waals surface area contributed by atoms with Crippen LogP contribution in [0, 0.1) is 5.82 Å². The second-order valence-corrected chi connectivity index (χ2v) is 4.63. The number of nitrogen functional groups attached to an aromatic ring is 1. The minimum atomic E-state index is -4.83. The van der Waals surface area contributed by atoms with Crippen LogP contribution in [-0.4, -0.2) is 16.1 Å². The van der Waals surface area contributed by atoms with Gasteiger partial charge in [0, 0.05) is 5.56 Å². The molecule has 0 unspecified atom stereocenters. The number of aromatic carboxylic acids is 1. The fraction of sp³-hybridized carbons (Fsp3) is 0.0769. The molecule has 1 heterocycles. The molecule has 0 aliphatic heterocycles. The van der Waals surface area contributed by atoms with Gasteiger partial charge in [-0.2, -0.15) is 13.2 Å². The zero-order valence-corrected chi connectivity index (χ0v) is 11.3. The van der Waals surface area contributed by atoms with Crippen LogP contribution in [0.4, 0.5) is 23.2 Å². The van der Waals surface area contributed by atoms with Crippen LogP contribution in [0.1, 0.15) is 16.1 Å². The van der Waals surface area contributed by atoms with Gasteiger partial charge in [-0.15, -0.1) is 0 Å². The zero-order valence-electron chi connectivity index (χ0n) is 10.6. The molecule has 1 aromatic carbocycles. The van der Waals surface area contributed by atoms with Gasteiger partial charge in [-0.05, 0) is 18.2 Å².